The van der Waals surface area contributed by atoms with Gasteiger partial charge in [0.2, 0.25) is 5.91 Å². The molecule has 1 unspecified atom stereocenters. The highest BCUT2D eigenvalue weighted by Gasteiger charge is 2.22. The number of anilines is 1. The summed E-state index contributed by atoms with van der Waals surface area (Å²) < 4.78 is 0. The Kier molecular flexibility index (Phi) is 4.38. The molecule has 0 spiro atoms. The molecule has 1 aromatic rings. The van der Waals surface area contributed by atoms with Crippen LogP contribution in [0.4, 0.5) is 5.69 Å². The van der Waals surface area contributed by atoms with Crippen LogP contribution < -0.4 is 10.6 Å². The van der Waals surface area contributed by atoms with Gasteiger partial charge in [-0.1, -0.05) is 18.2 Å². The lowest BCUT2D eigenvalue weighted by molar-refractivity contribution is -0.118. The summed E-state index contributed by atoms with van der Waals surface area (Å²) in [6.07, 6.45) is 8.61. The van der Waals surface area contributed by atoms with Crippen molar-refractivity contribution < 1.29 is 4.79 Å². The van der Waals surface area contributed by atoms with E-state index < -0.39 is 0 Å². The number of hydrogen-bond acceptors (Lipinski definition) is 2. The largest absolute Gasteiger partial charge is 0.324 e. The second-order valence-electron chi connectivity index (χ2n) is 4.50. The number of amides is 1. The number of fused-ring (bicyclic) bond motifs is 1. The van der Waals surface area contributed by atoms with Gasteiger partial charge in [-0.2, -0.15) is 0 Å². The highest BCUT2D eigenvalue weighted by Crippen LogP contribution is 2.21. The van der Waals surface area contributed by atoms with E-state index in [1.165, 1.54) is 5.56 Å². The minimum absolute atomic E-state index is 0.0562. The van der Waals surface area contributed by atoms with E-state index in [9.17, 15) is 4.79 Å². The van der Waals surface area contributed by atoms with Crippen molar-refractivity contribution in [3.05, 3.63) is 29.8 Å². The summed E-state index contributed by atoms with van der Waals surface area (Å²) in [5, 5.41) is 6.25. The van der Waals surface area contributed by atoms with E-state index in [-0.39, 0.29) is 11.9 Å². The molecule has 1 amide bonds. The minimum atomic E-state index is -0.116. The third-order valence-electron chi connectivity index (χ3n) is 3.18. The van der Waals surface area contributed by atoms with Crippen molar-refractivity contribution in [2.24, 2.45) is 0 Å². The summed E-state index contributed by atoms with van der Waals surface area (Å²) in [6, 6.07) is 7.85. The number of nitrogens with one attached hydrogen (secondary N) is 2. The number of aryl methyl sites for hydroxylation is 1. The van der Waals surface area contributed by atoms with E-state index >= 15 is 0 Å². The van der Waals surface area contributed by atoms with Crippen LogP contribution in [-0.4, -0.2) is 18.5 Å². The first kappa shape index (κ1) is 12.7. The molecule has 1 atom stereocenters. The summed E-state index contributed by atoms with van der Waals surface area (Å²) >= 11 is 0. The first-order valence-electron chi connectivity index (χ1n) is 6.37. The van der Waals surface area contributed by atoms with Gasteiger partial charge in [0.25, 0.3) is 0 Å². The predicted octanol–water partition coefficient (Wildman–Crippen LogP) is 1.94. The second-order valence-corrected chi connectivity index (χ2v) is 4.50. The zero-order valence-electron chi connectivity index (χ0n) is 10.4. The van der Waals surface area contributed by atoms with Crippen molar-refractivity contribution in [1.29, 1.82) is 0 Å². The quantitative estimate of drug-likeness (QED) is 0.626. The summed E-state index contributed by atoms with van der Waals surface area (Å²) in [7, 11) is 0. The minimum Gasteiger partial charge on any atom is -0.324 e. The van der Waals surface area contributed by atoms with Crippen molar-refractivity contribution in [3.63, 3.8) is 0 Å². The van der Waals surface area contributed by atoms with E-state index in [2.05, 4.69) is 22.6 Å². The van der Waals surface area contributed by atoms with Gasteiger partial charge in [-0.05, 0) is 37.4 Å². The molecule has 2 rings (SSSR count). The first-order chi connectivity index (χ1) is 8.81. The van der Waals surface area contributed by atoms with Crippen LogP contribution in [0.5, 0.6) is 0 Å². The van der Waals surface area contributed by atoms with E-state index in [0.29, 0.717) is 0 Å². The molecule has 94 valence electrons. The lowest BCUT2D eigenvalue weighted by Crippen LogP contribution is -2.40. The fraction of sp³-hybridized carbons (Fsp3) is 0.400. The van der Waals surface area contributed by atoms with Crippen LogP contribution in [0.1, 0.15) is 24.8 Å². The number of para-hydroxylation sites is 1. The van der Waals surface area contributed by atoms with E-state index in [4.69, 9.17) is 6.42 Å². The van der Waals surface area contributed by atoms with E-state index in [0.717, 1.165) is 37.9 Å². The van der Waals surface area contributed by atoms with Crippen LogP contribution in [0.25, 0.3) is 0 Å². The van der Waals surface area contributed by atoms with Gasteiger partial charge >= 0.3 is 0 Å². The van der Waals surface area contributed by atoms with Crippen LogP contribution >= 0.6 is 0 Å². The number of unbranched alkanes of at least 4 members (excludes halogenated alkanes) is 1. The second kappa shape index (κ2) is 6.23. The molecule has 0 aromatic heterocycles. The Balaban J connectivity index is 1.93. The Morgan fingerprint density at radius 2 is 2.28 bits per heavy atom. The number of carbonyl (C=O) groups excluding carboxylic acids is 1. The molecule has 3 heteroatoms. The summed E-state index contributed by atoms with van der Waals surface area (Å²) in [4.78, 5) is 12.0. The molecule has 1 aromatic carbocycles. The lowest BCUT2D eigenvalue weighted by atomic mass is 10.1. The highest BCUT2D eigenvalue weighted by molar-refractivity contribution is 5.96. The smallest absolute Gasteiger partial charge is 0.241 e. The molecule has 0 bridgehead atoms. The number of terminal acetylenes is 1. The third-order valence-corrected chi connectivity index (χ3v) is 3.18. The summed E-state index contributed by atoms with van der Waals surface area (Å²) in [5.41, 5.74) is 2.15. The molecular formula is C15H18N2O. The van der Waals surface area contributed by atoms with Gasteiger partial charge in [0.05, 0.1) is 6.04 Å². The summed E-state index contributed by atoms with van der Waals surface area (Å²) in [6.45, 7) is 0.790. The molecule has 0 aliphatic carbocycles. The van der Waals surface area contributed by atoms with Crippen LogP contribution in [0.3, 0.4) is 0 Å². The summed E-state index contributed by atoms with van der Waals surface area (Å²) in [5.74, 6) is 2.66. The maximum atomic E-state index is 12.0. The van der Waals surface area contributed by atoms with Gasteiger partial charge in [-0.25, -0.2) is 0 Å². The molecule has 1 aliphatic heterocycles. The Morgan fingerprint density at radius 3 is 3.11 bits per heavy atom. The normalized spacial score (nSPS) is 18.4. The molecule has 1 aliphatic rings. The van der Waals surface area contributed by atoms with E-state index in [1.54, 1.807) is 0 Å². The number of rotatable bonds is 4. The van der Waals surface area contributed by atoms with Gasteiger partial charge < -0.3 is 10.6 Å². The average Bonchev–Trinajstić information content (AvgIpc) is 2.54. The third kappa shape index (κ3) is 3.12. The zero-order valence-corrected chi connectivity index (χ0v) is 10.4. The fourth-order valence-corrected chi connectivity index (χ4v) is 2.17. The van der Waals surface area contributed by atoms with Crippen molar-refractivity contribution in [2.45, 2.75) is 31.7 Å². The molecule has 2 N–H and O–H groups in total. The van der Waals surface area contributed by atoms with Crippen LogP contribution in [0.2, 0.25) is 0 Å². The maximum absolute atomic E-state index is 12.0. The zero-order chi connectivity index (χ0) is 12.8. The Bertz CT molecular complexity index is 462. The molecule has 0 saturated heterocycles. The number of benzene rings is 1. The van der Waals surface area contributed by atoms with Crippen molar-refractivity contribution in [1.82, 2.24) is 5.32 Å². The molecule has 3 nitrogen and oxygen atoms in total. The SMILES string of the molecule is C#CCCCNC1CCc2ccccc2NC1=O. The van der Waals surface area contributed by atoms with Gasteiger partial charge in [0.15, 0.2) is 0 Å². The average molecular weight is 242 g/mol. The molecule has 18 heavy (non-hydrogen) atoms. The number of hydrogen-bond donors (Lipinski definition) is 2. The molecule has 0 saturated carbocycles. The van der Waals surface area contributed by atoms with Gasteiger partial charge in [-0.15, -0.1) is 12.3 Å². The topological polar surface area (TPSA) is 41.1 Å². The lowest BCUT2D eigenvalue weighted by Gasteiger charge is -2.14. The van der Waals surface area contributed by atoms with Crippen molar-refractivity contribution in [2.75, 3.05) is 11.9 Å². The van der Waals surface area contributed by atoms with Gasteiger partial charge in [0, 0.05) is 12.1 Å². The van der Waals surface area contributed by atoms with Crippen LogP contribution in [-0.2, 0) is 11.2 Å². The first-order valence-corrected chi connectivity index (χ1v) is 6.37. The van der Waals surface area contributed by atoms with Crippen molar-refractivity contribution >= 4 is 11.6 Å². The molecular weight excluding hydrogens is 224 g/mol. The monoisotopic (exact) mass is 242 g/mol. The fourth-order valence-electron chi connectivity index (χ4n) is 2.17. The molecule has 0 radical (unpaired) electrons. The highest BCUT2D eigenvalue weighted by atomic mass is 16.2. The van der Waals surface area contributed by atoms with Gasteiger partial charge in [-0.3, -0.25) is 4.79 Å². The van der Waals surface area contributed by atoms with Crippen LogP contribution in [0, 0.1) is 12.3 Å². The molecule has 0 fully saturated rings. The number of carbonyl (C=O) groups is 1. The Morgan fingerprint density at radius 1 is 1.44 bits per heavy atom. The predicted molar refractivity (Wildman–Crippen MR) is 73.3 cm³/mol. The van der Waals surface area contributed by atoms with Gasteiger partial charge in [0.1, 0.15) is 0 Å². The standard InChI is InChI=1S/C15H18N2O/c1-2-3-6-11-16-14-10-9-12-7-4-5-8-13(12)17-15(14)18/h1,4-5,7-8,14,16H,3,6,9-11H2,(H,17,18). The molecule has 1 heterocycles. The van der Waals surface area contributed by atoms with E-state index in [1.807, 2.05) is 18.2 Å². The van der Waals surface area contributed by atoms with Crippen molar-refractivity contribution in [3.8, 4) is 12.3 Å². The Hall–Kier alpha value is -1.79. The Labute approximate surface area is 108 Å². The van der Waals surface area contributed by atoms with Crippen LogP contribution in [0.15, 0.2) is 24.3 Å². The maximum Gasteiger partial charge on any atom is 0.241 e.